The molecule has 33 heavy (non-hydrogen) atoms. The molecule has 2 aromatic carbocycles. The standard InChI is InChI=1S/C28H35NO3S/c1-20-9-6-7-14-23(20)25-19-22(13-8-12-21-10-4-3-5-11-21)15-16-24(25)27(30)29-26(28(31)32)17-18-33-2/h6-9,13-16,19,21,26H,3-5,10-12,17-18H2,1-2H3,(H,29,30)(H,31,32)/b13-8+/t26-/m0/s1. The fourth-order valence-electron chi connectivity index (χ4n) is 4.51. The van der Waals surface area contributed by atoms with Gasteiger partial charge in [-0.3, -0.25) is 4.79 Å². The van der Waals surface area contributed by atoms with Crippen LogP contribution in [0.2, 0.25) is 0 Å². The first kappa shape index (κ1) is 25.1. The van der Waals surface area contributed by atoms with Crippen molar-refractivity contribution in [3.05, 3.63) is 65.2 Å². The topological polar surface area (TPSA) is 66.4 Å². The fraction of sp³-hybridized carbons (Fsp3) is 0.429. The third-order valence-electron chi connectivity index (χ3n) is 6.44. The van der Waals surface area contributed by atoms with E-state index in [1.54, 1.807) is 11.8 Å². The number of benzene rings is 2. The molecule has 5 heteroatoms. The predicted molar refractivity (Wildman–Crippen MR) is 139 cm³/mol. The molecule has 2 N–H and O–H groups in total. The normalized spacial score (nSPS) is 15.5. The Bertz CT molecular complexity index is 979. The lowest BCUT2D eigenvalue weighted by atomic mass is 9.87. The van der Waals surface area contributed by atoms with E-state index in [0.717, 1.165) is 34.6 Å². The van der Waals surface area contributed by atoms with Crippen LogP contribution in [0.4, 0.5) is 0 Å². The van der Waals surface area contributed by atoms with Gasteiger partial charge >= 0.3 is 5.97 Å². The maximum atomic E-state index is 13.2. The molecule has 3 rings (SSSR count). The number of rotatable bonds is 10. The minimum Gasteiger partial charge on any atom is -0.480 e. The monoisotopic (exact) mass is 465 g/mol. The second-order valence-electron chi connectivity index (χ2n) is 8.91. The first-order valence-corrected chi connectivity index (χ1v) is 13.3. The zero-order valence-corrected chi connectivity index (χ0v) is 20.5. The van der Waals surface area contributed by atoms with Crippen LogP contribution in [0.1, 0.15) is 66.4 Å². The molecule has 1 atom stereocenters. The van der Waals surface area contributed by atoms with Gasteiger partial charge in [-0.15, -0.1) is 0 Å². The Hall–Kier alpha value is -2.53. The number of amides is 1. The van der Waals surface area contributed by atoms with Crippen LogP contribution < -0.4 is 5.32 Å². The van der Waals surface area contributed by atoms with Crippen molar-refractivity contribution in [1.29, 1.82) is 0 Å². The highest BCUT2D eigenvalue weighted by molar-refractivity contribution is 7.98. The molecule has 4 nitrogen and oxygen atoms in total. The van der Waals surface area contributed by atoms with Crippen LogP contribution in [0.5, 0.6) is 0 Å². The summed E-state index contributed by atoms with van der Waals surface area (Å²) in [6, 6.07) is 12.9. The summed E-state index contributed by atoms with van der Waals surface area (Å²) in [5.74, 6) is 0.105. The summed E-state index contributed by atoms with van der Waals surface area (Å²) in [5.41, 5.74) is 4.45. The number of aliphatic carboxylic acids is 1. The first-order valence-electron chi connectivity index (χ1n) is 11.9. The fourth-order valence-corrected chi connectivity index (χ4v) is 4.98. The van der Waals surface area contributed by atoms with E-state index >= 15 is 0 Å². The van der Waals surface area contributed by atoms with Gasteiger partial charge in [0.1, 0.15) is 6.04 Å². The van der Waals surface area contributed by atoms with Crippen molar-refractivity contribution in [3.63, 3.8) is 0 Å². The Labute approximate surface area is 201 Å². The van der Waals surface area contributed by atoms with Crippen molar-refractivity contribution in [2.24, 2.45) is 5.92 Å². The van der Waals surface area contributed by atoms with Gasteiger partial charge in [-0.2, -0.15) is 11.8 Å². The molecule has 1 aliphatic carbocycles. The lowest BCUT2D eigenvalue weighted by Gasteiger charge is -2.19. The van der Waals surface area contributed by atoms with Crippen LogP contribution >= 0.6 is 11.8 Å². The van der Waals surface area contributed by atoms with Crippen LogP contribution in [0.25, 0.3) is 17.2 Å². The molecule has 0 radical (unpaired) electrons. The van der Waals surface area contributed by atoms with Crippen LogP contribution in [-0.4, -0.2) is 35.0 Å². The largest absolute Gasteiger partial charge is 0.480 e. The molecule has 1 amide bonds. The number of aryl methyl sites for hydroxylation is 1. The molecule has 0 spiro atoms. The summed E-state index contributed by atoms with van der Waals surface area (Å²) in [5, 5.41) is 12.3. The molecule has 176 valence electrons. The average Bonchev–Trinajstić information content (AvgIpc) is 2.82. The second kappa shape index (κ2) is 12.6. The highest BCUT2D eigenvalue weighted by atomic mass is 32.2. The van der Waals surface area contributed by atoms with Gasteiger partial charge in [-0.05, 0) is 72.1 Å². The van der Waals surface area contributed by atoms with Crippen LogP contribution in [0, 0.1) is 12.8 Å². The number of hydrogen-bond donors (Lipinski definition) is 2. The van der Waals surface area contributed by atoms with Gasteiger partial charge in [-0.25, -0.2) is 4.79 Å². The lowest BCUT2D eigenvalue weighted by molar-refractivity contribution is -0.139. The quantitative estimate of drug-likeness (QED) is 0.416. The zero-order valence-electron chi connectivity index (χ0n) is 19.7. The van der Waals surface area contributed by atoms with Crippen LogP contribution in [-0.2, 0) is 4.79 Å². The van der Waals surface area contributed by atoms with Gasteiger partial charge in [0.25, 0.3) is 5.91 Å². The van der Waals surface area contributed by atoms with Crippen molar-refractivity contribution in [2.75, 3.05) is 12.0 Å². The highest BCUT2D eigenvalue weighted by Crippen LogP contribution is 2.30. The van der Waals surface area contributed by atoms with Crippen molar-refractivity contribution in [1.82, 2.24) is 5.32 Å². The molecule has 0 saturated heterocycles. The summed E-state index contributed by atoms with van der Waals surface area (Å²) in [4.78, 5) is 24.8. The third-order valence-corrected chi connectivity index (χ3v) is 7.09. The van der Waals surface area contributed by atoms with E-state index in [9.17, 15) is 14.7 Å². The zero-order chi connectivity index (χ0) is 23.6. The van der Waals surface area contributed by atoms with Gasteiger partial charge in [0.2, 0.25) is 0 Å². The van der Waals surface area contributed by atoms with Gasteiger partial charge < -0.3 is 10.4 Å². The van der Waals surface area contributed by atoms with E-state index in [4.69, 9.17) is 0 Å². The van der Waals surface area contributed by atoms with Gasteiger partial charge in [0.05, 0.1) is 0 Å². The molecule has 1 saturated carbocycles. The van der Waals surface area contributed by atoms with Crippen molar-refractivity contribution in [2.45, 2.75) is 57.9 Å². The molecule has 0 bridgehead atoms. The Morgan fingerprint density at radius 3 is 2.58 bits per heavy atom. The summed E-state index contributed by atoms with van der Waals surface area (Å²) in [6.07, 6.45) is 14.5. The predicted octanol–water partition coefficient (Wildman–Crippen LogP) is 6.58. The molecule has 0 aromatic heterocycles. The van der Waals surface area contributed by atoms with Crippen LogP contribution in [0.15, 0.2) is 48.5 Å². The molecule has 0 unspecified atom stereocenters. The number of carboxylic acids is 1. The summed E-state index contributed by atoms with van der Waals surface area (Å²) < 4.78 is 0. The molecule has 1 aliphatic rings. The number of carboxylic acid groups (broad SMARTS) is 1. The molecule has 0 aliphatic heterocycles. The number of hydrogen-bond acceptors (Lipinski definition) is 3. The first-order chi connectivity index (χ1) is 16.0. The molecule has 0 heterocycles. The average molecular weight is 466 g/mol. The van der Waals surface area contributed by atoms with E-state index in [1.165, 1.54) is 32.1 Å². The molecular weight excluding hydrogens is 430 g/mol. The maximum absolute atomic E-state index is 13.2. The number of thioether (sulfide) groups is 1. The van der Waals surface area contributed by atoms with E-state index in [1.807, 2.05) is 55.6 Å². The van der Waals surface area contributed by atoms with Crippen molar-refractivity contribution < 1.29 is 14.7 Å². The maximum Gasteiger partial charge on any atom is 0.326 e. The third kappa shape index (κ3) is 7.23. The van der Waals surface area contributed by atoms with Gasteiger partial charge in [0, 0.05) is 5.56 Å². The summed E-state index contributed by atoms with van der Waals surface area (Å²) in [6.45, 7) is 2.03. The van der Waals surface area contributed by atoms with E-state index in [2.05, 4.69) is 17.5 Å². The number of carbonyl (C=O) groups excluding carboxylic acids is 1. The van der Waals surface area contributed by atoms with Gasteiger partial charge in [0.15, 0.2) is 0 Å². The minimum atomic E-state index is -1.00. The Balaban J connectivity index is 1.87. The smallest absolute Gasteiger partial charge is 0.326 e. The van der Waals surface area contributed by atoms with Crippen molar-refractivity contribution in [3.8, 4) is 11.1 Å². The van der Waals surface area contributed by atoms with Gasteiger partial charge in [-0.1, -0.05) is 74.6 Å². The van der Waals surface area contributed by atoms with E-state index in [0.29, 0.717) is 17.7 Å². The second-order valence-corrected chi connectivity index (χ2v) is 9.89. The number of allylic oxidation sites excluding steroid dienone is 1. The SMILES string of the molecule is CSCC[C@H](NC(=O)c1ccc(/C=C/CC2CCCCC2)cc1-c1ccccc1C)C(=O)O. The van der Waals surface area contributed by atoms with Crippen molar-refractivity contribution >= 4 is 29.7 Å². The van der Waals surface area contributed by atoms with E-state index in [-0.39, 0.29) is 5.91 Å². The molecular formula is C28H35NO3S. The minimum absolute atomic E-state index is 0.348. The van der Waals surface area contributed by atoms with E-state index < -0.39 is 12.0 Å². The highest BCUT2D eigenvalue weighted by Gasteiger charge is 2.22. The Kier molecular flexibility index (Phi) is 9.61. The number of carbonyl (C=O) groups is 2. The number of nitrogens with one attached hydrogen (secondary N) is 1. The molecule has 2 aromatic rings. The summed E-state index contributed by atoms with van der Waals surface area (Å²) in [7, 11) is 0. The molecule has 1 fully saturated rings. The van der Waals surface area contributed by atoms with Crippen LogP contribution in [0.3, 0.4) is 0 Å². The lowest BCUT2D eigenvalue weighted by Crippen LogP contribution is -2.41. The Morgan fingerprint density at radius 2 is 1.88 bits per heavy atom. The Morgan fingerprint density at radius 1 is 1.12 bits per heavy atom. The summed E-state index contributed by atoms with van der Waals surface area (Å²) >= 11 is 1.57.